The molecule has 1 unspecified atom stereocenters. The van der Waals surface area contributed by atoms with Crippen LogP contribution in [0.5, 0.6) is 0 Å². The maximum absolute atomic E-state index is 12.8. The van der Waals surface area contributed by atoms with Gasteiger partial charge in [-0.25, -0.2) is 0 Å². The highest BCUT2D eigenvalue weighted by Gasteiger charge is 2.44. The van der Waals surface area contributed by atoms with Gasteiger partial charge in [0.05, 0.1) is 5.92 Å². The Hall–Kier alpha value is -0.210. The molecule has 20 heavy (non-hydrogen) atoms. The minimum atomic E-state index is -3.98. The highest BCUT2D eigenvalue weighted by Crippen LogP contribution is 2.49. The maximum Gasteiger partial charge on any atom is 0.391 e. The van der Waals surface area contributed by atoms with Crippen LogP contribution in [0.15, 0.2) is 0 Å². The van der Waals surface area contributed by atoms with Gasteiger partial charge in [-0.3, -0.25) is 0 Å². The summed E-state index contributed by atoms with van der Waals surface area (Å²) in [5.74, 6) is -0.543. The molecule has 1 rings (SSSR count). The summed E-state index contributed by atoms with van der Waals surface area (Å²) in [4.78, 5) is 0. The molecular weight excluding hydrogens is 261 g/mol. The van der Waals surface area contributed by atoms with Crippen molar-refractivity contribution < 1.29 is 13.2 Å². The summed E-state index contributed by atoms with van der Waals surface area (Å²) in [7, 11) is 0. The Kier molecular flexibility index (Phi) is 6.87. The number of hydrogen-bond donors (Lipinski definition) is 0. The second-order valence-corrected chi connectivity index (χ2v) is 6.95. The molecule has 3 heteroatoms. The van der Waals surface area contributed by atoms with Crippen molar-refractivity contribution in [1.29, 1.82) is 0 Å². The first-order chi connectivity index (χ1) is 9.33. The van der Waals surface area contributed by atoms with E-state index in [1.807, 2.05) is 0 Å². The first-order valence-corrected chi connectivity index (χ1v) is 8.40. The van der Waals surface area contributed by atoms with E-state index in [1.54, 1.807) is 0 Å². The second-order valence-electron chi connectivity index (χ2n) is 6.95. The fraction of sp³-hybridized carbons (Fsp3) is 1.00. The molecule has 0 aromatic rings. The monoisotopic (exact) mass is 292 g/mol. The predicted octanol–water partition coefficient (Wildman–Crippen LogP) is 6.74. The molecule has 1 aliphatic carbocycles. The summed E-state index contributed by atoms with van der Waals surface area (Å²) in [5, 5.41) is 0. The van der Waals surface area contributed by atoms with Gasteiger partial charge in [-0.1, -0.05) is 46.5 Å². The lowest BCUT2D eigenvalue weighted by molar-refractivity contribution is -0.186. The van der Waals surface area contributed by atoms with Crippen LogP contribution in [-0.4, -0.2) is 6.18 Å². The topological polar surface area (TPSA) is 0 Å². The second kappa shape index (κ2) is 7.70. The maximum atomic E-state index is 12.8. The third-order valence-corrected chi connectivity index (χ3v) is 5.35. The van der Waals surface area contributed by atoms with Gasteiger partial charge in [0.2, 0.25) is 0 Å². The predicted molar refractivity (Wildman–Crippen MR) is 78.7 cm³/mol. The molecule has 0 aliphatic heterocycles. The van der Waals surface area contributed by atoms with Crippen molar-refractivity contribution in [2.45, 2.75) is 91.2 Å². The van der Waals surface area contributed by atoms with Gasteiger partial charge in [-0.05, 0) is 49.9 Å². The Morgan fingerprint density at radius 2 is 1.35 bits per heavy atom. The Balaban J connectivity index is 2.56. The molecular formula is C17H31F3. The molecule has 0 amide bonds. The van der Waals surface area contributed by atoms with Gasteiger partial charge >= 0.3 is 6.18 Å². The van der Waals surface area contributed by atoms with Crippen molar-refractivity contribution in [2.24, 2.45) is 17.3 Å². The summed E-state index contributed by atoms with van der Waals surface area (Å²) in [6.07, 6.45) is 5.44. The standard InChI is InChI=1S/C17H31F3/c1-4-6-7-13-16(3,12-5-2)14-8-10-15(11-9-14)17(18,19)20/h14-15H,4-13H2,1-3H3. The molecule has 0 saturated heterocycles. The molecule has 0 heterocycles. The van der Waals surface area contributed by atoms with Crippen molar-refractivity contribution >= 4 is 0 Å². The average molecular weight is 292 g/mol. The van der Waals surface area contributed by atoms with Gasteiger partial charge in [-0.15, -0.1) is 0 Å². The zero-order valence-electron chi connectivity index (χ0n) is 13.4. The van der Waals surface area contributed by atoms with Gasteiger partial charge in [0.1, 0.15) is 0 Å². The van der Waals surface area contributed by atoms with Crippen molar-refractivity contribution in [3.05, 3.63) is 0 Å². The summed E-state index contributed by atoms with van der Waals surface area (Å²) < 4.78 is 38.3. The first-order valence-electron chi connectivity index (χ1n) is 8.40. The number of alkyl halides is 3. The largest absolute Gasteiger partial charge is 0.391 e. The van der Waals surface area contributed by atoms with E-state index in [-0.39, 0.29) is 5.41 Å². The number of hydrogen-bond acceptors (Lipinski definition) is 0. The molecule has 0 aromatic heterocycles. The molecule has 1 atom stereocenters. The molecule has 1 fully saturated rings. The molecule has 1 saturated carbocycles. The molecule has 1 aliphatic rings. The molecule has 0 nitrogen and oxygen atoms in total. The number of rotatable bonds is 7. The van der Waals surface area contributed by atoms with Gasteiger partial charge in [0.15, 0.2) is 0 Å². The average Bonchev–Trinajstić information content (AvgIpc) is 2.38. The quantitative estimate of drug-likeness (QED) is 0.456. The van der Waals surface area contributed by atoms with Crippen LogP contribution in [0.2, 0.25) is 0 Å². The van der Waals surface area contributed by atoms with Crippen LogP contribution in [0.1, 0.15) is 85.0 Å². The SMILES string of the molecule is CCCCCC(C)(CCC)C1CCC(C(F)(F)F)CC1. The van der Waals surface area contributed by atoms with Crippen LogP contribution in [0.4, 0.5) is 13.2 Å². The first kappa shape index (κ1) is 17.8. The van der Waals surface area contributed by atoms with E-state index in [2.05, 4.69) is 20.8 Å². The van der Waals surface area contributed by atoms with Crippen LogP contribution in [0, 0.1) is 17.3 Å². The van der Waals surface area contributed by atoms with Crippen LogP contribution >= 0.6 is 0 Å². The zero-order valence-corrected chi connectivity index (χ0v) is 13.4. The van der Waals surface area contributed by atoms with Gasteiger partial charge in [-0.2, -0.15) is 13.2 Å². The third-order valence-electron chi connectivity index (χ3n) is 5.35. The van der Waals surface area contributed by atoms with Crippen molar-refractivity contribution in [2.75, 3.05) is 0 Å². The molecule has 0 bridgehead atoms. The third kappa shape index (κ3) is 4.96. The molecule has 0 N–H and O–H groups in total. The van der Waals surface area contributed by atoms with Crippen LogP contribution in [0.3, 0.4) is 0 Å². The van der Waals surface area contributed by atoms with E-state index in [0.29, 0.717) is 18.8 Å². The fourth-order valence-corrected chi connectivity index (χ4v) is 4.00. The van der Waals surface area contributed by atoms with Gasteiger partial charge in [0.25, 0.3) is 0 Å². The zero-order chi connectivity index (χ0) is 15.2. The molecule has 120 valence electrons. The van der Waals surface area contributed by atoms with Crippen molar-refractivity contribution in [1.82, 2.24) is 0 Å². The van der Waals surface area contributed by atoms with Crippen LogP contribution in [-0.2, 0) is 0 Å². The summed E-state index contributed by atoms with van der Waals surface area (Å²) in [5.41, 5.74) is 0.264. The smallest absolute Gasteiger partial charge is 0.171 e. The van der Waals surface area contributed by atoms with Crippen molar-refractivity contribution in [3.63, 3.8) is 0 Å². The number of unbranched alkanes of at least 4 members (excludes halogenated alkanes) is 2. The normalized spacial score (nSPS) is 27.3. The van der Waals surface area contributed by atoms with Gasteiger partial charge < -0.3 is 0 Å². The minimum Gasteiger partial charge on any atom is -0.171 e. The summed E-state index contributed by atoms with van der Waals surface area (Å²) in [6.45, 7) is 6.72. The molecule has 0 aromatic carbocycles. The number of halogens is 3. The van der Waals surface area contributed by atoms with E-state index >= 15 is 0 Å². The van der Waals surface area contributed by atoms with E-state index in [4.69, 9.17) is 0 Å². The van der Waals surface area contributed by atoms with E-state index in [9.17, 15) is 13.2 Å². The van der Waals surface area contributed by atoms with E-state index < -0.39 is 12.1 Å². The lowest BCUT2D eigenvalue weighted by atomic mass is 9.64. The van der Waals surface area contributed by atoms with Gasteiger partial charge in [0, 0.05) is 0 Å². The lowest BCUT2D eigenvalue weighted by Gasteiger charge is -2.42. The molecule has 0 radical (unpaired) electrons. The highest BCUT2D eigenvalue weighted by atomic mass is 19.4. The summed E-state index contributed by atoms with van der Waals surface area (Å²) >= 11 is 0. The van der Waals surface area contributed by atoms with Crippen molar-refractivity contribution in [3.8, 4) is 0 Å². The van der Waals surface area contributed by atoms with E-state index in [0.717, 1.165) is 25.7 Å². The lowest BCUT2D eigenvalue weighted by Crippen LogP contribution is -2.35. The highest BCUT2D eigenvalue weighted by molar-refractivity contribution is 4.87. The van der Waals surface area contributed by atoms with Crippen LogP contribution in [0.25, 0.3) is 0 Å². The summed E-state index contributed by atoms with van der Waals surface area (Å²) in [6, 6.07) is 0. The Morgan fingerprint density at radius 3 is 1.80 bits per heavy atom. The van der Waals surface area contributed by atoms with E-state index in [1.165, 1.54) is 25.7 Å². The Morgan fingerprint density at radius 1 is 0.800 bits per heavy atom. The Bertz CT molecular complexity index is 264. The van der Waals surface area contributed by atoms with Crippen LogP contribution < -0.4 is 0 Å². The fourth-order valence-electron chi connectivity index (χ4n) is 4.00. The Labute approximate surface area is 122 Å². The minimum absolute atomic E-state index is 0.264. The molecule has 0 spiro atoms.